The van der Waals surface area contributed by atoms with E-state index in [1.54, 1.807) is 41.5 Å². The van der Waals surface area contributed by atoms with Crippen LogP contribution in [0.4, 0.5) is 52.7 Å². The quantitative estimate of drug-likeness (QED) is 0.233. The molecule has 0 radical (unpaired) electrons. The summed E-state index contributed by atoms with van der Waals surface area (Å²) in [5.41, 5.74) is -2.30. The average Bonchev–Trinajstić information content (AvgIpc) is 3.77. The van der Waals surface area contributed by atoms with Crippen LogP contribution in [-0.2, 0) is 29.6 Å². The molecule has 2 unspecified atom stereocenters. The molecule has 0 N–H and O–H groups in total. The number of fused-ring (bicyclic) bond motifs is 7. The molecule has 6 nitrogen and oxygen atoms in total. The predicted molar refractivity (Wildman–Crippen MR) is 180 cm³/mol. The van der Waals surface area contributed by atoms with Gasteiger partial charge in [0, 0.05) is 60.9 Å². The fraction of sp³-hybridized carbons (Fsp3) is 0.757. The number of hydrogen-bond donors (Lipinski definition) is 0. The van der Waals surface area contributed by atoms with E-state index in [0.717, 1.165) is 16.3 Å². The second-order valence-electron chi connectivity index (χ2n) is 16.2. The molecule has 0 saturated heterocycles. The average molecular weight is 805 g/mol. The molecular weight excluding hydrogens is 756 g/mol. The summed E-state index contributed by atoms with van der Waals surface area (Å²) < 4.78 is 169. The molecule has 3 aromatic heterocycles. The predicted octanol–water partition coefficient (Wildman–Crippen LogP) is 12.6. The second-order valence-corrected chi connectivity index (χ2v) is 16.2. The van der Waals surface area contributed by atoms with E-state index in [1.165, 1.54) is 11.6 Å². The van der Waals surface area contributed by atoms with Crippen LogP contribution in [0, 0.1) is 11.8 Å². The van der Waals surface area contributed by atoms with Crippen molar-refractivity contribution in [3.05, 3.63) is 50.9 Å². The number of halogens is 12. The van der Waals surface area contributed by atoms with Crippen molar-refractivity contribution in [3.8, 4) is 0 Å². The van der Waals surface area contributed by atoms with E-state index in [-0.39, 0.29) is 48.1 Å². The SMILES string of the molecule is C.CC(C)n1nc(C(C)(F)F)c2c1C(F)(F)[C@@H]1C[C@H]21.CC(F)c1nn(C(C)C)c2c1C(F)(F)CCC2(F)F.CC(F)c1nn(C(C)C)c2c1[C@H]1C[C@H]1C2(F)F. The number of nitrogens with zero attached hydrogens (tertiary/aromatic N) is 6. The van der Waals surface area contributed by atoms with Crippen LogP contribution in [-0.4, -0.2) is 29.3 Å². The van der Waals surface area contributed by atoms with Crippen LogP contribution >= 0.6 is 0 Å². The molecule has 2 saturated carbocycles. The zero-order valence-corrected chi connectivity index (χ0v) is 31.2. The van der Waals surface area contributed by atoms with Gasteiger partial charge in [-0.3, -0.25) is 14.0 Å². The van der Waals surface area contributed by atoms with E-state index < -0.39 is 101 Å². The molecule has 0 aliphatic heterocycles. The summed E-state index contributed by atoms with van der Waals surface area (Å²) in [6.07, 6.45) is -4.26. The van der Waals surface area contributed by atoms with E-state index in [4.69, 9.17) is 0 Å². The van der Waals surface area contributed by atoms with Crippen molar-refractivity contribution in [1.29, 1.82) is 0 Å². The lowest BCUT2D eigenvalue weighted by Gasteiger charge is -2.30. The molecule has 0 spiro atoms. The van der Waals surface area contributed by atoms with Gasteiger partial charge in [0.1, 0.15) is 46.5 Å². The maximum atomic E-state index is 14.1. The molecule has 2 fully saturated rings. The van der Waals surface area contributed by atoms with Gasteiger partial charge < -0.3 is 0 Å². The number of alkyl halides is 12. The Hall–Kier alpha value is -3.21. The highest BCUT2D eigenvalue weighted by atomic mass is 19.3. The minimum Gasteiger partial charge on any atom is -0.260 e. The molecule has 0 aromatic carbocycles. The fourth-order valence-electron chi connectivity index (χ4n) is 8.21. The molecule has 18 heteroatoms. The Kier molecular flexibility index (Phi) is 10.5. The largest absolute Gasteiger partial charge is 0.293 e. The van der Waals surface area contributed by atoms with Crippen molar-refractivity contribution in [3.63, 3.8) is 0 Å². The topological polar surface area (TPSA) is 53.5 Å². The van der Waals surface area contributed by atoms with Gasteiger partial charge >= 0.3 is 0 Å². The first-order valence-corrected chi connectivity index (χ1v) is 18.2. The Morgan fingerprint density at radius 3 is 1.40 bits per heavy atom. The zero-order valence-electron chi connectivity index (χ0n) is 31.2. The zero-order chi connectivity index (χ0) is 40.6. The van der Waals surface area contributed by atoms with Crippen molar-refractivity contribution >= 4 is 0 Å². The number of aromatic nitrogens is 6. The van der Waals surface area contributed by atoms with Gasteiger partial charge in [-0.2, -0.15) is 50.4 Å². The molecule has 5 aliphatic rings. The van der Waals surface area contributed by atoms with Crippen molar-refractivity contribution in [2.45, 2.75) is 167 Å². The van der Waals surface area contributed by atoms with Gasteiger partial charge in [-0.05, 0) is 80.1 Å². The second kappa shape index (κ2) is 13.4. The van der Waals surface area contributed by atoms with Gasteiger partial charge in [0.15, 0.2) is 0 Å². The van der Waals surface area contributed by atoms with E-state index in [9.17, 15) is 52.7 Å². The molecule has 55 heavy (non-hydrogen) atoms. The van der Waals surface area contributed by atoms with Crippen molar-refractivity contribution in [2.24, 2.45) is 11.8 Å². The Balaban J connectivity index is 0.000000157. The standard InChI is InChI=1S/C12H15F5N2.C12H14F4N2.C12H15F3N2.CH4/c1-6(2)19-10-8(9(18-19)7(3)13)11(14,15)4-5-12(10,16)17;1-5(2)18-10-8(9(17-18)11(3,13)14)6-4-7(6)12(10,15)16;1-5(2)17-11-9(10(16-17)6(3)13)7-4-8(7)12(11,14)15;/h6-7H,4-5H2,1-3H3;5-7H,4H2,1-3H3;5-8H,4H2,1-3H3;1H4/t;6-,7+;6?,7-,8+;/m.00./s1. The fourth-order valence-corrected chi connectivity index (χ4v) is 8.21. The normalized spacial score (nSPS) is 26.4. The van der Waals surface area contributed by atoms with Crippen LogP contribution in [0.5, 0.6) is 0 Å². The monoisotopic (exact) mass is 804 g/mol. The Morgan fingerprint density at radius 1 is 0.582 bits per heavy atom. The van der Waals surface area contributed by atoms with Crippen molar-refractivity contribution in [2.75, 3.05) is 0 Å². The first kappa shape index (κ1) is 42.9. The third kappa shape index (κ3) is 6.75. The molecule has 310 valence electrons. The summed E-state index contributed by atoms with van der Waals surface area (Å²) in [4.78, 5) is 0. The molecule has 5 aliphatic carbocycles. The summed E-state index contributed by atoms with van der Waals surface area (Å²) in [7, 11) is 0. The lowest BCUT2D eigenvalue weighted by atomic mass is 9.88. The Labute approximate surface area is 312 Å². The molecule has 0 bridgehead atoms. The van der Waals surface area contributed by atoms with E-state index >= 15 is 0 Å². The Morgan fingerprint density at radius 2 is 0.964 bits per heavy atom. The number of hydrogen-bond acceptors (Lipinski definition) is 3. The summed E-state index contributed by atoms with van der Waals surface area (Å²) >= 11 is 0. The van der Waals surface area contributed by atoms with Gasteiger partial charge in [-0.25, -0.2) is 17.6 Å². The molecule has 0 amide bonds. The minimum absolute atomic E-state index is 0. The number of rotatable bonds is 6. The van der Waals surface area contributed by atoms with Crippen LogP contribution in [0.2, 0.25) is 0 Å². The van der Waals surface area contributed by atoms with Crippen molar-refractivity contribution in [1.82, 2.24) is 29.3 Å². The van der Waals surface area contributed by atoms with Gasteiger partial charge in [-0.1, -0.05) is 7.43 Å². The van der Waals surface area contributed by atoms with Gasteiger partial charge in [0.2, 0.25) is 0 Å². The van der Waals surface area contributed by atoms with Crippen LogP contribution in [0.3, 0.4) is 0 Å². The summed E-state index contributed by atoms with van der Waals surface area (Å²) in [5, 5.41) is 11.5. The van der Waals surface area contributed by atoms with Gasteiger partial charge in [-0.15, -0.1) is 0 Å². The van der Waals surface area contributed by atoms with Crippen molar-refractivity contribution < 1.29 is 52.7 Å². The maximum absolute atomic E-state index is 14.1. The van der Waals surface area contributed by atoms with Crippen LogP contribution in [0.15, 0.2) is 0 Å². The first-order chi connectivity index (χ1) is 24.6. The molecule has 6 atom stereocenters. The molecule has 3 aromatic rings. The third-order valence-electron chi connectivity index (χ3n) is 10.8. The lowest BCUT2D eigenvalue weighted by Crippen LogP contribution is -2.33. The smallest absolute Gasteiger partial charge is 0.260 e. The molecule has 3 heterocycles. The molecule has 8 rings (SSSR count). The maximum Gasteiger partial charge on any atom is 0.293 e. The van der Waals surface area contributed by atoms with Crippen LogP contribution in [0.25, 0.3) is 0 Å². The minimum atomic E-state index is -3.46. The highest BCUT2D eigenvalue weighted by Crippen LogP contribution is 2.69. The molecular formula is C37H48F12N6. The summed E-state index contributed by atoms with van der Waals surface area (Å²) in [6.45, 7) is 13.1. The van der Waals surface area contributed by atoms with Crippen LogP contribution in [0.1, 0.15) is 189 Å². The summed E-state index contributed by atoms with van der Waals surface area (Å²) in [5.74, 6) is -17.9. The van der Waals surface area contributed by atoms with Crippen LogP contribution < -0.4 is 0 Å². The first-order valence-electron chi connectivity index (χ1n) is 18.2. The van der Waals surface area contributed by atoms with E-state index in [0.29, 0.717) is 25.3 Å². The lowest BCUT2D eigenvalue weighted by molar-refractivity contribution is -0.101. The summed E-state index contributed by atoms with van der Waals surface area (Å²) in [6, 6.07) is -1.06. The Bertz CT molecular complexity index is 1870. The third-order valence-corrected chi connectivity index (χ3v) is 10.8. The highest BCUT2D eigenvalue weighted by Gasteiger charge is 2.68. The van der Waals surface area contributed by atoms with E-state index in [2.05, 4.69) is 15.3 Å². The van der Waals surface area contributed by atoms with E-state index in [1.807, 2.05) is 0 Å². The highest BCUT2D eigenvalue weighted by molar-refractivity contribution is 5.48. The van der Waals surface area contributed by atoms with Gasteiger partial charge in [0.25, 0.3) is 29.6 Å². The van der Waals surface area contributed by atoms with Gasteiger partial charge in [0.05, 0.1) is 5.56 Å².